The normalized spacial score (nSPS) is 25.7. The highest BCUT2D eigenvalue weighted by atomic mass is 32.2. The van der Waals surface area contributed by atoms with Crippen LogP contribution in [0.2, 0.25) is 0 Å². The molecule has 0 unspecified atom stereocenters. The van der Waals surface area contributed by atoms with Crippen LogP contribution in [0.1, 0.15) is 140 Å². The number of ketones is 1. The topological polar surface area (TPSA) is 654 Å². The number of H-pyrrole nitrogens is 2. The number of likely N-dealkylation sites (N-methyl/N-ethyl adjacent to an activating group) is 2. The minimum atomic E-state index is -1.81. The molecule has 4 saturated heterocycles. The minimum Gasteiger partial charge on any atom is -0.508 e. The fourth-order valence-electron chi connectivity index (χ4n) is 17.0. The number of rotatable bonds is 24. The van der Waals surface area contributed by atoms with Crippen molar-refractivity contribution in [3.8, 4) is 5.75 Å². The summed E-state index contributed by atoms with van der Waals surface area (Å²) >= 11 is 0.773. The Balaban J connectivity index is 1.08. The Morgan fingerprint density at radius 3 is 1.61 bits per heavy atom. The Hall–Kier alpha value is -12.6. The van der Waals surface area contributed by atoms with Crippen LogP contribution in [0.3, 0.4) is 0 Å². The molecule has 0 aliphatic carbocycles. The molecule has 43 heteroatoms. The van der Waals surface area contributed by atoms with Crippen molar-refractivity contribution in [3.63, 3.8) is 0 Å². The van der Waals surface area contributed by atoms with Gasteiger partial charge in [-0.3, -0.25) is 86.3 Å². The Bertz CT molecular complexity index is 4950. The molecule has 6 heterocycles. The number of aliphatic hydroxyl groups excluding tert-OH is 1. The van der Waals surface area contributed by atoms with Crippen LogP contribution in [0, 0.1) is 5.92 Å². The number of para-hydroxylation sites is 2. The van der Waals surface area contributed by atoms with E-state index in [2.05, 4.69) is 57.8 Å². The Labute approximate surface area is 760 Å². The Kier molecular flexibility index (Phi) is 38.1. The SMILES string of the molecule is CCCC[C@H]1C(=O)N(C)[C@@H](CCCC)C(=O)N[C@@H](CN)C(=O)N[C@H](C(=O)NCC(N)=O)CSCC(=O)N[C@@H](Cc2ccc(O)cc2)C(=O)N2CCCC[C@H]2C(=O)N[C@@H](CC(N)=O)C(=O)N2CCC[C@H]2C(=O)N[C@@H](CN)C(=O)N[C@@H](CCC(=O)O)C(=O)N2C[C@H](O)C[C@H]2C(=O)N[C@@H](Cc2c[nH]c3ccccc23)C(=O)C[C@@H](CCN)C(=O)N[C@@H](Cc2c[nH]c3ccccc23)C(=O)N1C. The van der Waals surface area contributed by atoms with Crippen LogP contribution in [0.25, 0.3) is 21.8 Å². The molecular weight excluding hydrogens is 1720 g/mol. The average Bonchev–Trinajstić information content (AvgIpc) is 1.76. The summed E-state index contributed by atoms with van der Waals surface area (Å²) in [6, 6.07) is -0.400. The minimum absolute atomic E-state index is 0.000390. The fraction of sp³-hybridized carbons (Fsp3) is 0.545. The molecule has 3 aromatic carbocycles. The number of aliphatic carboxylic acids is 1. The molecule has 2 aromatic heterocycles. The number of nitrogens with two attached hydrogens (primary N) is 5. The number of amides is 16. The van der Waals surface area contributed by atoms with Gasteiger partial charge < -0.3 is 126 Å². The van der Waals surface area contributed by atoms with Crippen LogP contribution >= 0.6 is 11.8 Å². The Morgan fingerprint density at radius 1 is 0.511 bits per heavy atom. The number of nitrogens with one attached hydrogen (secondary N) is 11. The van der Waals surface area contributed by atoms with Crippen LogP contribution in [0.5, 0.6) is 5.75 Å². The molecule has 16 amide bonds. The van der Waals surface area contributed by atoms with Crippen LogP contribution in [0.4, 0.5) is 0 Å². The summed E-state index contributed by atoms with van der Waals surface area (Å²) < 4.78 is 0. The molecule has 9 rings (SSSR count). The van der Waals surface area contributed by atoms with Gasteiger partial charge in [0.2, 0.25) is 94.5 Å². The standard InChI is InChI=1S/C88H123N21O21S/c1-5-7-20-66-80(122)102-64(41-91)79(121)104-65(77(119)96-44-73(93)114)46-131-47-74(115)97-60(34-48-24-26-52(110)27-25-48)86(128)107-32-14-13-22-67(107)81(123)101-62(39-72(92)113)87(129)108-33-15-23-68(108)82(124)103-63(40-90)78(120)98-58(28-29-75(116)117)85(127)109-45-53(111)38-70(109)83(125)99-59(35-50-42-94-56-18-11-9-16-54(50)56)71(112)37-49(30-31-89)76(118)100-61(36-51-43-95-57-19-12-10-17-55(51)57)84(126)106(4)69(21-8-6-2)88(130)105(66)3/h9-12,16-19,24-27,42-43,49,53,58-70,94-95,110-111H,5-8,13-15,20-23,28-41,44-47,89-91H2,1-4H3,(H2,92,113)(H2,93,114)(H,96,119)(H,97,115)(H,98,120)(H,99,125)(H,100,118)(H,101,123)(H,102,122)(H,103,124)(H,104,121)(H,116,117)/t49-,53-,58+,59+,60+,61+,62+,63+,64+,65+,66+,67+,68+,69+,70+/m1/s1. The molecule has 0 bridgehead atoms. The largest absolute Gasteiger partial charge is 0.508 e. The maximum Gasteiger partial charge on any atom is 0.303 e. The highest BCUT2D eigenvalue weighted by Crippen LogP contribution is 2.29. The number of thioether (sulfide) groups is 1. The van der Waals surface area contributed by atoms with Crippen LogP contribution in [-0.4, -0.2) is 312 Å². The number of aliphatic hydroxyl groups is 1. The molecule has 15 atom stereocenters. The van der Waals surface area contributed by atoms with E-state index >= 15 is 33.6 Å². The molecule has 4 aliphatic heterocycles. The second-order valence-electron chi connectivity index (χ2n) is 33.6. The lowest BCUT2D eigenvalue weighted by Crippen LogP contribution is -2.62. The summed E-state index contributed by atoms with van der Waals surface area (Å²) in [5.74, 6) is -19.7. The van der Waals surface area contributed by atoms with Crippen LogP contribution < -0.4 is 76.5 Å². The van der Waals surface area contributed by atoms with E-state index in [-0.39, 0.29) is 83.2 Å². The molecule has 4 aliphatic rings. The number of primary amides is 2. The van der Waals surface area contributed by atoms with Gasteiger partial charge in [0.15, 0.2) is 5.78 Å². The molecule has 712 valence electrons. The summed E-state index contributed by atoms with van der Waals surface area (Å²) in [7, 11) is 2.72. The summed E-state index contributed by atoms with van der Waals surface area (Å²) in [5.41, 5.74) is 32.6. The lowest BCUT2D eigenvalue weighted by Gasteiger charge is -2.38. The number of hydrogen-bond acceptors (Lipinski definition) is 24. The smallest absolute Gasteiger partial charge is 0.303 e. The number of fused-ring (bicyclic) bond motifs is 5. The molecule has 131 heavy (non-hydrogen) atoms. The van der Waals surface area contributed by atoms with Crippen molar-refractivity contribution in [2.45, 2.75) is 227 Å². The van der Waals surface area contributed by atoms with Crippen molar-refractivity contribution in [1.82, 2.24) is 82.3 Å². The maximum atomic E-state index is 15.7. The van der Waals surface area contributed by atoms with Gasteiger partial charge in [-0.2, -0.15) is 0 Å². The van der Waals surface area contributed by atoms with Gasteiger partial charge in [0.05, 0.1) is 30.9 Å². The number of piperidine rings is 1. The van der Waals surface area contributed by atoms with E-state index in [1.807, 2.05) is 13.8 Å². The van der Waals surface area contributed by atoms with Crippen molar-refractivity contribution in [2.24, 2.45) is 34.6 Å². The first-order valence-electron chi connectivity index (χ1n) is 44.3. The molecule has 24 N–H and O–H groups in total. The number of aromatic amines is 2. The van der Waals surface area contributed by atoms with E-state index in [4.69, 9.17) is 28.7 Å². The molecule has 5 aromatic rings. The van der Waals surface area contributed by atoms with E-state index in [1.165, 1.54) is 48.2 Å². The lowest BCUT2D eigenvalue weighted by molar-refractivity contribution is -0.149. The monoisotopic (exact) mass is 1840 g/mol. The van der Waals surface area contributed by atoms with Gasteiger partial charge in [-0.25, -0.2) is 0 Å². The van der Waals surface area contributed by atoms with Gasteiger partial charge in [-0.1, -0.05) is 88.1 Å². The number of carboxylic acid groups (broad SMARTS) is 1. The first-order valence-corrected chi connectivity index (χ1v) is 45.4. The van der Waals surface area contributed by atoms with Gasteiger partial charge in [0.25, 0.3) is 0 Å². The van der Waals surface area contributed by atoms with Crippen molar-refractivity contribution in [2.75, 3.05) is 71.4 Å². The lowest BCUT2D eigenvalue weighted by atomic mass is 9.91. The molecular formula is C88H123N21O21S. The number of aromatic hydroxyl groups is 1. The predicted octanol–water partition coefficient (Wildman–Crippen LogP) is -3.44. The van der Waals surface area contributed by atoms with Crippen molar-refractivity contribution in [3.05, 3.63) is 102 Å². The number of carbonyl (C=O) groups excluding carboxylic acids is 17. The average molecular weight is 1840 g/mol. The number of unbranched alkanes of at least 4 members (excludes halogenated alkanes) is 2. The predicted molar refractivity (Wildman–Crippen MR) is 479 cm³/mol. The third-order valence-electron chi connectivity index (χ3n) is 24.1. The third-order valence-corrected chi connectivity index (χ3v) is 25.2. The number of phenols is 1. The number of hydrogen-bond donors (Lipinski definition) is 19. The van der Waals surface area contributed by atoms with Gasteiger partial charge in [-0.15, -0.1) is 11.8 Å². The third kappa shape index (κ3) is 27.7. The van der Waals surface area contributed by atoms with Crippen molar-refractivity contribution in [1.29, 1.82) is 0 Å². The van der Waals surface area contributed by atoms with E-state index < -0.39 is 267 Å². The van der Waals surface area contributed by atoms with Gasteiger partial charge >= 0.3 is 5.97 Å². The van der Waals surface area contributed by atoms with E-state index in [1.54, 1.807) is 60.9 Å². The maximum absolute atomic E-state index is 15.7. The highest BCUT2D eigenvalue weighted by Gasteiger charge is 2.47. The zero-order valence-electron chi connectivity index (χ0n) is 74.0. The van der Waals surface area contributed by atoms with Crippen LogP contribution in [0.15, 0.2) is 85.2 Å². The first kappa shape index (κ1) is 102. The number of benzene rings is 3. The summed E-state index contributed by atoms with van der Waals surface area (Å²) in [6.07, 6.45) is 0.155. The number of phenolic OH excluding ortho intramolecular Hbond substituents is 1. The van der Waals surface area contributed by atoms with E-state index in [0.717, 1.165) is 26.5 Å². The summed E-state index contributed by atoms with van der Waals surface area (Å²) in [5, 5.41) is 56.3. The van der Waals surface area contributed by atoms with Gasteiger partial charge in [0, 0.05) is 131 Å². The molecule has 42 nitrogen and oxygen atoms in total. The van der Waals surface area contributed by atoms with Crippen molar-refractivity contribution >= 4 is 140 Å². The Morgan fingerprint density at radius 2 is 1.02 bits per heavy atom. The summed E-state index contributed by atoms with van der Waals surface area (Å²) in [6.45, 7) is 0.715. The number of nitrogens with zero attached hydrogens (tertiary/aromatic N) is 5. The quantitative estimate of drug-likeness (QED) is 0.0286. The van der Waals surface area contributed by atoms with Gasteiger partial charge in [0.1, 0.15) is 78.3 Å². The highest BCUT2D eigenvalue weighted by molar-refractivity contribution is 8.00. The van der Waals surface area contributed by atoms with Crippen LogP contribution in [-0.2, 0) is 106 Å². The molecule has 0 spiro atoms. The second kappa shape index (κ2) is 48.9. The first-order chi connectivity index (χ1) is 62.6. The number of Topliss-reactive ketones (excluding diaryl/α,β-unsaturated/α-hetero) is 1. The zero-order chi connectivity index (χ0) is 95.4. The van der Waals surface area contributed by atoms with Gasteiger partial charge in [-0.05, 0) is 105 Å². The number of carboxylic acids is 1. The number of carbonyl (C=O) groups is 18. The fourth-order valence-corrected chi connectivity index (χ4v) is 17.8. The zero-order valence-corrected chi connectivity index (χ0v) is 74.8. The number of aromatic nitrogens is 2. The van der Waals surface area contributed by atoms with Crippen molar-refractivity contribution < 1.29 is 102 Å². The molecule has 4 fully saturated rings. The summed E-state index contributed by atoms with van der Waals surface area (Å²) in [4.78, 5) is 273. The van der Waals surface area contributed by atoms with E-state index in [0.29, 0.717) is 77.0 Å². The molecule has 0 saturated carbocycles. The second-order valence-corrected chi connectivity index (χ2v) is 34.6. The van der Waals surface area contributed by atoms with E-state index in [9.17, 15) is 68.1 Å². The molecule has 0 radical (unpaired) electrons.